The van der Waals surface area contributed by atoms with E-state index in [0.717, 1.165) is 32.4 Å². The highest BCUT2D eigenvalue weighted by Gasteiger charge is 2.44. The van der Waals surface area contributed by atoms with Crippen LogP contribution in [0.15, 0.2) is 60.3 Å². The molecule has 0 amide bonds. The molecular formula is C33H43N2O2+. The second-order valence-electron chi connectivity index (χ2n) is 11.5. The van der Waals surface area contributed by atoms with E-state index >= 15 is 0 Å². The number of rotatable bonds is 10. The van der Waals surface area contributed by atoms with E-state index in [1.165, 1.54) is 45.0 Å². The highest BCUT2D eigenvalue weighted by molar-refractivity contribution is 6.03. The molecule has 4 rings (SSSR count). The highest BCUT2D eigenvalue weighted by Crippen LogP contribution is 2.48. The number of hydrogen-bond acceptors (Lipinski definition) is 3. The van der Waals surface area contributed by atoms with Gasteiger partial charge in [0.15, 0.2) is 5.71 Å². The lowest BCUT2D eigenvalue weighted by Gasteiger charge is -2.25. The van der Waals surface area contributed by atoms with E-state index in [2.05, 4.69) is 113 Å². The monoisotopic (exact) mass is 499 g/mol. The van der Waals surface area contributed by atoms with E-state index in [-0.39, 0.29) is 10.8 Å². The van der Waals surface area contributed by atoms with Gasteiger partial charge in [-0.05, 0) is 71.2 Å². The zero-order valence-electron chi connectivity index (χ0n) is 23.7. The molecule has 0 unspecified atom stereocenters. The number of ether oxygens (including phenoxy) is 1. The van der Waals surface area contributed by atoms with Gasteiger partial charge >= 0.3 is 0 Å². The number of allylic oxidation sites excluding steroid dienone is 4. The molecule has 2 aromatic carbocycles. The lowest BCUT2D eigenvalue weighted by atomic mass is 9.80. The van der Waals surface area contributed by atoms with Crippen molar-refractivity contribution in [2.24, 2.45) is 0 Å². The molecule has 0 bridgehead atoms. The molecule has 0 fully saturated rings. The Morgan fingerprint density at radius 3 is 2.32 bits per heavy atom. The van der Waals surface area contributed by atoms with Gasteiger partial charge < -0.3 is 9.64 Å². The number of aryl methyl sites for hydroxylation is 2. The Morgan fingerprint density at radius 1 is 0.919 bits per heavy atom. The Bertz CT molecular complexity index is 1260. The topological polar surface area (TPSA) is 32.5 Å². The fraction of sp³-hybridized carbons (Fsp3) is 0.455. The summed E-state index contributed by atoms with van der Waals surface area (Å²) in [4.78, 5) is 12.9. The van der Waals surface area contributed by atoms with Crippen LogP contribution < -0.4 is 4.90 Å². The van der Waals surface area contributed by atoms with Gasteiger partial charge in [0.25, 0.3) is 6.47 Å². The summed E-state index contributed by atoms with van der Waals surface area (Å²) >= 11 is 0. The van der Waals surface area contributed by atoms with Crippen LogP contribution in [0, 0.1) is 13.8 Å². The van der Waals surface area contributed by atoms with Gasteiger partial charge in [-0.25, -0.2) is 0 Å². The third-order valence-electron chi connectivity index (χ3n) is 8.13. The average Bonchev–Trinajstić information content (AvgIpc) is 3.19. The van der Waals surface area contributed by atoms with Gasteiger partial charge in [0.05, 0.1) is 12.0 Å². The van der Waals surface area contributed by atoms with Crippen molar-refractivity contribution in [3.05, 3.63) is 82.6 Å². The van der Waals surface area contributed by atoms with Gasteiger partial charge in [-0.15, -0.1) is 0 Å². The summed E-state index contributed by atoms with van der Waals surface area (Å²) in [7, 11) is 0. The molecule has 2 heterocycles. The van der Waals surface area contributed by atoms with Gasteiger partial charge in [0.1, 0.15) is 6.54 Å². The molecule has 0 N–H and O–H groups in total. The Labute approximate surface area is 223 Å². The van der Waals surface area contributed by atoms with Gasteiger partial charge in [-0.3, -0.25) is 4.79 Å². The number of carbonyl (C=O) groups is 1. The van der Waals surface area contributed by atoms with Crippen LogP contribution in [0.25, 0.3) is 0 Å². The first kappa shape index (κ1) is 26.9. The molecule has 0 aliphatic carbocycles. The second kappa shape index (κ2) is 10.7. The summed E-state index contributed by atoms with van der Waals surface area (Å²) in [6, 6.07) is 13.7. The number of nitrogens with zero attached hydrogens (tertiary/aromatic N) is 2. The summed E-state index contributed by atoms with van der Waals surface area (Å²) < 4.78 is 7.37. The first-order valence-electron chi connectivity index (χ1n) is 13.7. The van der Waals surface area contributed by atoms with E-state index < -0.39 is 0 Å². The molecule has 37 heavy (non-hydrogen) atoms. The molecule has 0 aromatic heterocycles. The Morgan fingerprint density at radius 2 is 1.62 bits per heavy atom. The normalized spacial score (nSPS) is 18.6. The lowest BCUT2D eigenvalue weighted by molar-refractivity contribution is -0.438. The minimum absolute atomic E-state index is 0.0408. The molecular weight excluding hydrogens is 456 g/mol. The SMILES string of the molecule is CCN1/C(=C/C=CC2=[N+](CCCCCOC=O)c3ccc(C)cc3C2(C)C)C(C)(C)c2cc(C)ccc21. The number of fused-ring (bicyclic) bond motifs is 2. The van der Waals surface area contributed by atoms with E-state index in [4.69, 9.17) is 4.74 Å². The van der Waals surface area contributed by atoms with Crippen molar-refractivity contribution >= 4 is 23.6 Å². The molecule has 0 spiro atoms. The van der Waals surface area contributed by atoms with Crippen molar-refractivity contribution in [2.45, 2.75) is 78.6 Å². The van der Waals surface area contributed by atoms with Crippen molar-refractivity contribution < 1.29 is 14.1 Å². The number of likely N-dealkylation sites (N-methyl/N-ethyl adjacent to an activating group) is 1. The standard InChI is InChI=1S/C33H43N2O2/c1-8-34-28-17-15-24(2)21-26(28)32(4,5)30(34)13-12-14-31-33(6,7)27-22-25(3)16-18-29(27)35(31)19-10-9-11-20-37-23-36/h12-18,21-23H,8-11,19-20H2,1-7H3/q+1. The molecule has 0 radical (unpaired) electrons. The Balaban J connectivity index is 1.67. The van der Waals surface area contributed by atoms with Crippen molar-refractivity contribution in [3.8, 4) is 0 Å². The Hall–Kier alpha value is -3.14. The predicted octanol–water partition coefficient (Wildman–Crippen LogP) is 7.28. The summed E-state index contributed by atoms with van der Waals surface area (Å²) in [5.41, 5.74) is 10.6. The van der Waals surface area contributed by atoms with Crippen LogP contribution in [0.3, 0.4) is 0 Å². The van der Waals surface area contributed by atoms with E-state index in [0.29, 0.717) is 13.1 Å². The molecule has 4 nitrogen and oxygen atoms in total. The van der Waals surface area contributed by atoms with E-state index in [9.17, 15) is 4.79 Å². The molecule has 196 valence electrons. The maximum atomic E-state index is 10.4. The fourth-order valence-electron chi connectivity index (χ4n) is 6.07. The maximum absolute atomic E-state index is 10.4. The van der Waals surface area contributed by atoms with Gasteiger partial charge in [0.2, 0.25) is 5.69 Å². The smallest absolute Gasteiger partial charge is 0.293 e. The van der Waals surface area contributed by atoms with Crippen LogP contribution in [0.1, 0.15) is 76.1 Å². The predicted molar refractivity (Wildman–Crippen MR) is 154 cm³/mol. The van der Waals surface area contributed by atoms with Crippen molar-refractivity contribution in [2.75, 3.05) is 24.6 Å². The van der Waals surface area contributed by atoms with E-state index in [1.54, 1.807) is 0 Å². The number of anilines is 1. The first-order valence-corrected chi connectivity index (χ1v) is 13.7. The van der Waals surface area contributed by atoms with Crippen molar-refractivity contribution in [3.63, 3.8) is 0 Å². The maximum Gasteiger partial charge on any atom is 0.293 e. The van der Waals surface area contributed by atoms with Crippen LogP contribution in [-0.2, 0) is 20.4 Å². The van der Waals surface area contributed by atoms with Crippen LogP contribution in [0.4, 0.5) is 11.4 Å². The summed E-state index contributed by atoms with van der Waals surface area (Å²) in [6.45, 7) is 18.9. The van der Waals surface area contributed by atoms with Gasteiger partial charge in [-0.2, -0.15) is 4.58 Å². The summed E-state index contributed by atoms with van der Waals surface area (Å²) in [5.74, 6) is 0. The molecule has 2 aliphatic heterocycles. The number of hydrogen-bond donors (Lipinski definition) is 0. The largest absolute Gasteiger partial charge is 0.468 e. The fourth-order valence-corrected chi connectivity index (χ4v) is 6.07. The second-order valence-corrected chi connectivity index (χ2v) is 11.5. The average molecular weight is 500 g/mol. The van der Waals surface area contributed by atoms with Crippen LogP contribution in [0.5, 0.6) is 0 Å². The highest BCUT2D eigenvalue weighted by atomic mass is 16.5. The summed E-state index contributed by atoms with van der Waals surface area (Å²) in [5, 5.41) is 0. The minimum atomic E-state index is -0.0767. The number of carbonyl (C=O) groups excluding carboxylic acids is 1. The first-order chi connectivity index (χ1) is 17.6. The zero-order chi connectivity index (χ0) is 26.8. The molecule has 4 heteroatoms. The molecule has 2 aromatic rings. The molecule has 0 atom stereocenters. The minimum Gasteiger partial charge on any atom is -0.468 e. The molecule has 2 aliphatic rings. The third kappa shape index (κ3) is 5.03. The molecule has 0 saturated heterocycles. The lowest BCUT2D eigenvalue weighted by Crippen LogP contribution is -2.28. The van der Waals surface area contributed by atoms with Crippen LogP contribution in [-0.4, -0.2) is 36.5 Å². The number of unbranched alkanes of at least 4 members (excludes halogenated alkanes) is 2. The van der Waals surface area contributed by atoms with Crippen molar-refractivity contribution in [1.82, 2.24) is 0 Å². The number of benzene rings is 2. The quantitative estimate of drug-likeness (QED) is 0.196. The Kier molecular flexibility index (Phi) is 7.77. The van der Waals surface area contributed by atoms with Crippen molar-refractivity contribution in [1.29, 1.82) is 0 Å². The van der Waals surface area contributed by atoms with Crippen LogP contribution >= 0.6 is 0 Å². The molecule has 0 saturated carbocycles. The van der Waals surface area contributed by atoms with E-state index in [1.807, 2.05) is 0 Å². The van der Waals surface area contributed by atoms with Crippen LogP contribution in [0.2, 0.25) is 0 Å². The third-order valence-corrected chi connectivity index (χ3v) is 8.13. The zero-order valence-corrected chi connectivity index (χ0v) is 23.7. The van der Waals surface area contributed by atoms with Gasteiger partial charge in [-0.1, -0.05) is 49.2 Å². The van der Waals surface area contributed by atoms with Gasteiger partial charge in [0, 0.05) is 47.5 Å². The summed E-state index contributed by atoms with van der Waals surface area (Å²) in [6.07, 6.45) is 9.90.